The van der Waals surface area contributed by atoms with Gasteiger partial charge in [-0.3, -0.25) is 0 Å². The van der Waals surface area contributed by atoms with Crippen LogP contribution in [0.1, 0.15) is 33.3 Å². The van der Waals surface area contributed by atoms with Crippen LogP contribution in [0.15, 0.2) is 35.3 Å². The predicted molar refractivity (Wildman–Crippen MR) is 75.9 cm³/mol. The molecule has 0 aliphatic carbocycles. The molecular weight excluding hydrogens is 222 g/mol. The van der Waals surface area contributed by atoms with E-state index in [1.807, 2.05) is 6.07 Å². The summed E-state index contributed by atoms with van der Waals surface area (Å²) in [6.07, 6.45) is 0.973. The van der Waals surface area contributed by atoms with Gasteiger partial charge < -0.3 is 4.74 Å². The number of rotatable bonds is 3. The third-order valence-corrected chi connectivity index (χ3v) is 3.72. The summed E-state index contributed by atoms with van der Waals surface area (Å²) in [6.45, 7) is 9.62. The van der Waals surface area contributed by atoms with E-state index in [0.717, 1.165) is 18.9 Å². The molecule has 1 heterocycles. The van der Waals surface area contributed by atoms with Gasteiger partial charge in [0.05, 0.1) is 6.04 Å². The minimum atomic E-state index is 0.209. The molecule has 0 fully saturated rings. The Morgan fingerprint density at radius 1 is 1.28 bits per heavy atom. The van der Waals surface area contributed by atoms with Gasteiger partial charge >= 0.3 is 0 Å². The van der Waals surface area contributed by atoms with Crippen molar-refractivity contribution in [2.75, 3.05) is 6.61 Å². The summed E-state index contributed by atoms with van der Waals surface area (Å²) in [5.74, 6) is 1.31. The SMILES string of the molecule is C[C@H](C1=N[C@H](Cc2ccccc2)CO1)C(C)(C)C. The standard InChI is InChI=1S/C16H23NO/c1-12(16(2,3)4)15-17-14(11-18-15)10-13-8-6-5-7-9-13/h5-9,12,14H,10-11H2,1-4H3/t12-,14-/m1/s1. The zero-order chi connectivity index (χ0) is 13.2. The van der Waals surface area contributed by atoms with Crippen molar-refractivity contribution in [2.45, 2.75) is 40.2 Å². The fraction of sp³-hybridized carbons (Fsp3) is 0.562. The molecule has 2 atom stereocenters. The Labute approximate surface area is 110 Å². The van der Waals surface area contributed by atoms with Crippen LogP contribution >= 0.6 is 0 Å². The highest BCUT2D eigenvalue weighted by Gasteiger charge is 2.30. The highest BCUT2D eigenvalue weighted by Crippen LogP contribution is 2.29. The van der Waals surface area contributed by atoms with Crippen molar-refractivity contribution in [3.05, 3.63) is 35.9 Å². The van der Waals surface area contributed by atoms with Gasteiger partial charge in [0.25, 0.3) is 0 Å². The molecular formula is C16H23NO. The molecule has 1 aromatic rings. The molecule has 1 aliphatic rings. The van der Waals surface area contributed by atoms with E-state index < -0.39 is 0 Å². The van der Waals surface area contributed by atoms with Crippen LogP contribution in [-0.4, -0.2) is 18.5 Å². The zero-order valence-corrected chi connectivity index (χ0v) is 11.8. The van der Waals surface area contributed by atoms with Gasteiger partial charge in [0.15, 0.2) is 5.90 Å². The second kappa shape index (κ2) is 5.13. The predicted octanol–water partition coefficient (Wildman–Crippen LogP) is 3.71. The third-order valence-electron chi connectivity index (χ3n) is 3.72. The molecule has 98 valence electrons. The summed E-state index contributed by atoms with van der Waals surface area (Å²) in [5.41, 5.74) is 1.54. The van der Waals surface area contributed by atoms with Gasteiger partial charge in [0, 0.05) is 5.92 Å². The topological polar surface area (TPSA) is 21.6 Å². The van der Waals surface area contributed by atoms with Crippen molar-refractivity contribution >= 4 is 5.90 Å². The van der Waals surface area contributed by atoms with E-state index in [1.165, 1.54) is 5.56 Å². The van der Waals surface area contributed by atoms with Crippen LogP contribution in [0.3, 0.4) is 0 Å². The average Bonchev–Trinajstić information content (AvgIpc) is 2.76. The lowest BCUT2D eigenvalue weighted by atomic mass is 9.82. The van der Waals surface area contributed by atoms with E-state index in [4.69, 9.17) is 9.73 Å². The summed E-state index contributed by atoms with van der Waals surface area (Å²) < 4.78 is 5.78. The Morgan fingerprint density at radius 3 is 2.56 bits per heavy atom. The highest BCUT2D eigenvalue weighted by atomic mass is 16.5. The van der Waals surface area contributed by atoms with E-state index in [2.05, 4.69) is 52.0 Å². The first kappa shape index (κ1) is 13.1. The third kappa shape index (κ3) is 3.12. The molecule has 0 bridgehead atoms. The average molecular weight is 245 g/mol. The molecule has 0 N–H and O–H groups in total. The van der Waals surface area contributed by atoms with Crippen molar-refractivity contribution < 1.29 is 4.74 Å². The molecule has 18 heavy (non-hydrogen) atoms. The molecule has 0 saturated carbocycles. The lowest BCUT2D eigenvalue weighted by Crippen LogP contribution is -2.25. The summed E-state index contributed by atoms with van der Waals surface area (Å²) in [4.78, 5) is 4.74. The molecule has 0 unspecified atom stereocenters. The summed E-state index contributed by atoms with van der Waals surface area (Å²) in [7, 11) is 0. The van der Waals surface area contributed by atoms with Crippen LogP contribution in [0.25, 0.3) is 0 Å². The zero-order valence-electron chi connectivity index (χ0n) is 11.8. The fourth-order valence-corrected chi connectivity index (χ4v) is 2.03. The molecule has 0 spiro atoms. The first-order valence-electron chi connectivity index (χ1n) is 6.71. The van der Waals surface area contributed by atoms with Gasteiger partial charge in [-0.25, -0.2) is 4.99 Å². The first-order chi connectivity index (χ1) is 8.47. The number of hydrogen-bond acceptors (Lipinski definition) is 2. The summed E-state index contributed by atoms with van der Waals surface area (Å²) >= 11 is 0. The van der Waals surface area contributed by atoms with Gasteiger partial charge in [0.1, 0.15) is 6.61 Å². The second-order valence-electron chi connectivity index (χ2n) is 6.21. The fourth-order valence-electron chi connectivity index (χ4n) is 2.03. The first-order valence-corrected chi connectivity index (χ1v) is 6.71. The van der Waals surface area contributed by atoms with Crippen LogP contribution in [0, 0.1) is 11.3 Å². The maximum absolute atomic E-state index is 5.78. The van der Waals surface area contributed by atoms with Crippen LogP contribution in [0.2, 0.25) is 0 Å². The molecule has 2 rings (SSSR count). The Balaban J connectivity index is 2.01. The number of aliphatic imine (C=N–C) groups is 1. The van der Waals surface area contributed by atoms with E-state index in [0.29, 0.717) is 5.92 Å². The molecule has 2 nitrogen and oxygen atoms in total. The molecule has 0 saturated heterocycles. The summed E-state index contributed by atoms with van der Waals surface area (Å²) in [5, 5.41) is 0. The van der Waals surface area contributed by atoms with Crippen molar-refractivity contribution in [1.29, 1.82) is 0 Å². The van der Waals surface area contributed by atoms with Crippen LogP contribution in [0.4, 0.5) is 0 Å². The van der Waals surface area contributed by atoms with Gasteiger partial charge in [-0.05, 0) is 17.4 Å². The largest absolute Gasteiger partial charge is 0.478 e. The van der Waals surface area contributed by atoms with Crippen molar-refractivity contribution in [1.82, 2.24) is 0 Å². The van der Waals surface area contributed by atoms with Crippen molar-refractivity contribution in [2.24, 2.45) is 16.3 Å². The molecule has 1 aliphatic heterocycles. The Morgan fingerprint density at radius 2 is 1.94 bits per heavy atom. The quantitative estimate of drug-likeness (QED) is 0.795. The summed E-state index contributed by atoms with van der Waals surface area (Å²) in [6, 6.07) is 10.8. The minimum absolute atomic E-state index is 0.209. The lowest BCUT2D eigenvalue weighted by Gasteiger charge is -2.26. The molecule has 0 aromatic heterocycles. The Bertz CT molecular complexity index is 416. The van der Waals surface area contributed by atoms with Gasteiger partial charge in [-0.2, -0.15) is 0 Å². The molecule has 0 radical (unpaired) electrons. The van der Waals surface area contributed by atoms with Crippen molar-refractivity contribution in [3.8, 4) is 0 Å². The van der Waals surface area contributed by atoms with Crippen molar-refractivity contribution in [3.63, 3.8) is 0 Å². The van der Waals surface area contributed by atoms with Gasteiger partial charge in [-0.1, -0.05) is 58.0 Å². The van der Waals surface area contributed by atoms with Crippen LogP contribution in [0.5, 0.6) is 0 Å². The van der Waals surface area contributed by atoms with E-state index in [9.17, 15) is 0 Å². The van der Waals surface area contributed by atoms with Crippen LogP contribution in [-0.2, 0) is 11.2 Å². The number of nitrogens with zero attached hydrogens (tertiary/aromatic N) is 1. The number of benzene rings is 1. The van der Waals surface area contributed by atoms with Gasteiger partial charge in [-0.15, -0.1) is 0 Å². The number of ether oxygens (including phenoxy) is 1. The van der Waals surface area contributed by atoms with Gasteiger partial charge in [0.2, 0.25) is 0 Å². The van der Waals surface area contributed by atoms with E-state index in [1.54, 1.807) is 0 Å². The van der Waals surface area contributed by atoms with E-state index in [-0.39, 0.29) is 11.5 Å². The highest BCUT2D eigenvalue weighted by molar-refractivity contribution is 5.80. The lowest BCUT2D eigenvalue weighted by molar-refractivity contribution is 0.250. The molecule has 0 amide bonds. The Kier molecular flexibility index (Phi) is 3.74. The maximum Gasteiger partial charge on any atom is 0.187 e. The number of hydrogen-bond donors (Lipinski definition) is 0. The monoisotopic (exact) mass is 245 g/mol. The van der Waals surface area contributed by atoms with Crippen LogP contribution < -0.4 is 0 Å². The Hall–Kier alpha value is -1.31. The molecule has 2 heteroatoms. The smallest absolute Gasteiger partial charge is 0.187 e. The molecule has 1 aromatic carbocycles. The minimum Gasteiger partial charge on any atom is -0.478 e. The maximum atomic E-state index is 5.78. The van der Waals surface area contributed by atoms with E-state index >= 15 is 0 Å². The second-order valence-corrected chi connectivity index (χ2v) is 6.21. The normalized spacial score (nSPS) is 21.3.